The molecule has 0 radical (unpaired) electrons. The molecule has 3 aromatic rings. The highest BCUT2D eigenvalue weighted by atomic mass is 32.1. The third kappa shape index (κ3) is 3.22. The Bertz CT molecular complexity index is 985. The Balaban J connectivity index is 1.85. The highest BCUT2D eigenvalue weighted by Crippen LogP contribution is 2.42. The van der Waals surface area contributed by atoms with Crippen LogP contribution >= 0.6 is 11.3 Å². The molecule has 28 heavy (non-hydrogen) atoms. The first-order valence-electron chi connectivity index (χ1n) is 9.38. The van der Waals surface area contributed by atoms with Crippen LogP contribution in [0.2, 0.25) is 0 Å². The van der Waals surface area contributed by atoms with Crippen molar-refractivity contribution >= 4 is 34.5 Å². The number of carbonyl (C=O) groups is 2. The molecule has 2 heterocycles. The van der Waals surface area contributed by atoms with Gasteiger partial charge in [-0.3, -0.25) is 9.59 Å². The van der Waals surface area contributed by atoms with Crippen molar-refractivity contribution in [3.05, 3.63) is 82.6 Å². The van der Waals surface area contributed by atoms with Crippen LogP contribution in [0.4, 0.5) is 11.4 Å². The van der Waals surface area contributed by atoms with Crippen molar-refractivity contribution < 1.29 is 9.59 Å². The number of rotatable bonds is 3. The Hall–Kier alpha value is -2.92. The van der Waals surface area contributed by atoms with Crippen molar-refractivity contribution in [2.75, 3.05) is 9.80 Å². The normalized spacial score (nSPS) is 18.4. The van der Waals surface area contributed by atoms with Gasteiger partial charge in [-0.1, -0.05) is 42.5 Å². The molecule has 0 saturated carbocycles. The maximum Gasteiger partial charge on any atom is 0.268 e. The zero-order chi connectivity index (χ0) is 19.7. The lowest BCUT2D eigenvalue weighted by atomic mass is 9.90. The van der Waals surface area contributed by atoms with Gasteiger partial charge in [-0.25, -0.2) is 0 Å². The zero-order valence-electron chi connectivity index (χ0n) is 15.9. The van der Waals surface area contributed by atoms with Gasteiger partial charge in [-0.05, 0) is 48.6 Å². The molecule has 0 aliphatic carbocycles. The van der Waals surface area contributed by atoms with E-state index in [9.17, 15) is 9.59 Å². The second-order valence-electron chi connectivity index (χ2n) is 7.04. The molecular weight excluding hydrogens is 368 g/mol. The fourth-order valence-corrected chi connectivity index (χ4v) is 4.71. The molecule has 2 amide bonds. The summed E-state index contributed by atoms with van der Waals surface area (Å²) in [5.41, 5.74) is 2.76. The number of fused-ring (bicyclic) bond motifs is 1. The highest BCUT2D eigenvalue weighted by Gasteiger charge is 2.38. The van der Waals surface area contributed by atoms with Gasteiger partial charge in [-0.2, -0.15) is 0 Å². The van der Waals surface area contributed by atoms with Crippen molar-refractivity contribution in [1.29, 1.82) is 0 Å². The van der Waals surface area contributed by atoms with Gasteiger partial charge in [0.05, 0.1) is 10.9 Å². The summed E-state index contributed by atoms with van der Waals surface area (Å²) < 4.78 is 0. The second-order valence-corrected chi connectivity index (χ2v) is 7.98. The van der Waals surface area contributed by atoms with Gasteiger partial charge in [0.2, 0.25) is 5.91 Å². The molecule has 4 nitrogen and oxygen atoms in total. The maximum atomic E-state index is 13.5. The summed E-state index contributed by atoms with van der Waals surface area (Å²) in [4.78, 5) is 30.2. The lowest BCUT2D eigenvalue weighted by molar-refractivity contribution is -0.117. The van der Waals surface area contributed by atoms with E-state index in [1.54, 1.807) is 6.92 Å². The molecule has 2 atom stereocenters. The topological polar surface area (TPSA) is 40.6 Å². The summed E-state index contributed by atoms with van der Waals surface area (Å²) in [5, 5.41) is 1.92. The molecule has 4 rings (SSSR count). The van der Waals surface area contributed by atoms with Crippen LogP contribution in [0.5, 0.6) is 0 Å². The van der Waals surface area contributed by atoms with E-state index in [4.69, 9.17) is 0 Å². The number of hydrogen-bond donors (Lipinski definition) is 0. The largest absolute Gasteiger partial charge is 0.309 e. The van der Waals surface area contributed by atoms with E-state index >= 15 is 0 Å². The highest BCUT2D eigenvalue weighted by molar-refractivity contribution is 7.12. The van der Waals surface area contributed by atoms with E-state index < -0.39 is 0 Å². The van der Waals surface area contributed by atoms with Gasteiger partial charge in [0.1, 0.15) is 0 Å². The molecule has 1 aromatic heterocycles. The quantitative estimate of drug-likeness (QED) is 0.610. The van der Waals surface area contributed by atoms with Crippen LogP contribution in [0, 0.1) is 0 Å². The molecule has 0 N–H and O–H groups in total. The summed E-state index contributed by atoms with van der Waals surface area (Å²) in [6, 6.07) is 21.3. The molecule has 1 aliphatic rings. The zero-order valence-corrected chi connectivity index (χ0v) is 16.7. The number of benzene rings is 2. The summed E-state index contributed by atoms with van der Waals surface area (Å²) in [6.07, 6.45) is 0.683. The molecule has 2 unspecified atom stereocenters. The lowest BCUT2D eigenvalue weighted by Crippen LogP contribution is -2.47. The molecular formula is C23H22N2O2S. The molecule has 0 fully saturated rings. The number of nitrogens with zero attached hydrogens (tertiary/aromatic N) is 2. The number of hydrogen-bond acceptors (Lipinski definition) is 3. The summed E-state index contributed by atoms with van der Waals surface area (Å²) in [5.74, 6) is 0.0127. The number of carbonyl (C=O) groups excluding carboxylic acids is 2. The third-order valence-electron chi connectivity index (χ3n) is 5.20. The van der Waals surface area contributed by atoms with Crippen LogP contribution in [0.25, 0.3) is 0 Å². The SMILES string of the molecule is CC(=O)N1c2ccccc2C(N(C(=O)c2cccs2)c2ccccc2)CC1C. The average Bonchev–Trinajstić information content (AvgIpc) is 3.23. The number of para-hydroxylation sites is 2. The van der Waals surface area contributed by atoms with Crippen LogP contribution in [0.3, 0.4) is 0 Å². The Labute approximate surface area is 169 Å². The fourth-order valence-electron chi connectivity index (χ4n) is 4.05. The lowest BCUT2D eigenvalue weighted by Gasteiger charge is -2.43. The first-order valence-corrected chi connectivity index (χ1v) is 10.3. The Morgan fingerprint density at radius 2 is 1.71 bits per heavy atom. The summed E-state index contributed by atoms with van der Waals surface area (Å²) >= 11 is 1.45. The monoisotopic (exact) mass is 390 g/mol. The van der Waals surface area contributed by atoms with Crippen molar-refractivity contribution in [2.45, 2.75) is 32.4 Å². The smallest absolute Gasteiger partial charge is 0.268 e. The average molecular weight is 391 g/mol. The minimum atomic E-state index is -0.140. The van der Waals surface area contributed by atoms with E-state index in [1.807, 2.05) is 88.8 Å². The predicted octanol–water partition coefficient (Wildman–Crippen LogP) is 5.28. The van der Waals surface area contributed by atoms with Crippen molar-refractivity contribution in [1.82, 2.24) is 0 Å². The van der Waals surface area contributed by atoms with E-state index in [2.05, 4.69) is 0 Å². The number of amides is 2. The minimum Gasteiger partial charge on any atom is -0.309 e. The van der Waals surface area contributed by atoms with Crippen molar-refractivity contribution in [2.24, 2.45) is 0 Å². The Kier molecular flexibility index (Phi) is 5.01. The molecule has 0 saturated heterocycles. The first kappa shape index (κ1) is 18.4. The number of anilines is 2. The molecule has 0 bridgehead atoms. The summed E-state index contributed by atoms with van der Waals surface area (Å²) in [6.45, 7) is 3.64. The Morgan fingerprint density at radius 3 is 2.39 bits per heavy atom. The molecule has 1 aliphatic heterocycles. The molecule has 0 spiro atoms. The van der Waals surface area contributed by atoms with Crippen LogP contribution in [0.1, 0.15) is 41.5 Å². The molecule has 2 aromatic carbocycles. The van der Waals surface area contributed by atoms with Gasteiger partial charge in [0, 0.05) is 24.3 Å². The maximum absolute atomic E-state index is 13.5. The predicted molar refractivity (Wildman–Crippen MR) is 114 cm³/mol. The van der Waals surface area contributed by atoms with Crippen LogP contribution < -0.4 is 9.80 Å². The Morgan fingerprint density at radius 1 is 1.00 bits per heavy atom. The first-order chi connectivity index (χ1) is 13.6. The fraction of sp³-hybridized carbons (Fsp3) is 0.217. The van der Waals surface area contributed by atoms with Crippen LogP contribution in [-0.4, -0.2) is 17.9 Å². The van der Waals surface area contributed by atoms with Crippen LogP contribution in [0.15, 0.2) is 72.1 Å². The van der Waals surface area contributed by atoms with Gasteiger partial charge < -0.3 is 9.80 Å². The standard InChI is InChI=1S/C23H22N2O2S/c1-16-15-21(19-11-6-7-12-20(19)24(16)17(2)26)25(18-9-4-3-5-10-18)23(27)22-13-8-14-28-22/h3-14,16,21H,15H2,1-2H3. The second kappa shape index (κ2) is 7.60. The van der Waals surface area contributed by atoms with E-state index in [-0.39, 0.29) is 23.9 Å². The molecule has 142 valence electrons. The van der Waals surface area contributed by atoms with Crippen molar-refractivity contribution in [3.8, 4) is 0 Å². The van der Waals surface area contributed by atoms with Gasteiger partial charge >= 0.3 is 0 Å². The van der Waals surface area contributed by atoms with Gasteiger partial charge in [-0.15, -0.1) is 11.3 Å². The number of thiophene rings is 1. The third-order valence-corrected chi connectivity index (χ3v) is 6.05. The van der Waals surface area contributed by atoms with Crippen molar-refractivity contribution in [3.63, 3.8) is 0 Å². The van der Waals surface area contributed by atoms with E-state index in [1.165, 1.54) is 11.3 Å². The van der Waals surface area contributed by atoms with Gasteiger partial charge in [0.15, 0.2) is 0 Å². The van der Waals surface area contributed by atoms with Crippen LogP contribution in [-0.2, 0) is 4.79 Å². The van der Waals surface area contributed by atoms with E-state index in [0.717, 1.165) is 16.9 Å². The summed E-state index contributed by atoms with van der Waals surface area (Å²) in [7, 11) is 0. The van der Waals surface area contributed by atoms with E-state index in [0.29, 0.717) is 11.3 Å². The minimum absolute atomic E-state index is 0.000233. The van der Waals surface area contributed by atoms with Gasteiger partial charge in [0.25, 0.3) is 5.91 Å². The molecule has 5 heteroatoms.